The molecule has 0 aromatic carbocycles. The molecule has 1 atom stereocenters. The van der Waals surface area contributed by atoms with Gasteiger partial charge in [0.1, 0.15) is 0 Å². The highest BCUT2D eigenvalue weighted by Gasteiger charge is 2.37. The van der Waals surface area contributed by atoms with E-state index < -0.39 is 16.1 Å². The van der Waals surface area contributed by atoms with E-state index in [2.05, 4.69) is 5.32 Å². The molecule has 0 saturated carbocycles. The minimum atomic E-state index is -3.66. The van der Waals surface area contributed by atoms with Crippen molar-refractivity contribution in [3.8, 4) is 0 Å². The zero-order chi connectivity index (χ0) is 17.0. The van der Waals surface area contributed by atoms with E-state index in [0.717, 1.165) is 0 Å². The molecule has 2 aliphatic rings. The first-order valence-electron chi connectivity index (χ1n) is 7.66. The van der Waals surface area contributed by atoms with Gasteiger partial charge < -0.3 is 15.0 Å². The van der Waals surface area contributed by atoms with E-state index >= 15 is 0 Å². The molecule has 23 heavy (non-hydrogen) atoms. The van der Waals surface area contributed by atoms with E-state index in [1.807, 2.05) is 0 Å². The van der Waals surface area contributed by atoms with Crippen molar-refractivity contribution in [2.24, 2.45) is 5.92 Å². The lowest BCUT2D eigenvalue weighted by atomic mass is 10.1. The monoisotopic (exact) mass is 348 g/mol. The summed E-state index contributed by atoms with van der Waals surface area (Å²) in [7, 11) is -2.16. The van der Waals surface area contributed by atoms with E-state index in [1.54, 1.807) is 0 Å². The molecule has 2 heterocycles. The van der Waals surface area contributed by atoms with E-state index in [9.17, 15) is 18.0 Å². The molecular formula is C13H24N4O5S. The van der Waals surface area contributed by atoms with Crippen LogP contribution in [0.4, 0.5) is 0 Å². The molecule has 2 amide bonds. The highest BCUT2D eigenvalue weighted by atomic mass is 32.2. The lowest BCUT2D eigenvalue weighted by Gasteiger charge is -2.32. The fourth-order valence-electron chi connectivity index (χ4n) is 2.79. The zero-order valence-electron chi connectivity index (χ0n) is 13.5. The van der Waals surface area contributed by atoms with Gasteiger partial charge in [0.25, 0.3) is 10.2 Å². The number of amides is 2. The van der Waals surface area contributed by atoms with Gasteiger partial charge in [-0.1, -0.05) is 0 Å². The third-order valence-electron chi connectivity index (χ3n) is 4.17. The van der Waals surface area contributed by atoms with E-state index in [1.165, 1.54) is 27.5 Å². The molecule has 0 unspecified atom stereocenters. The second-order valence-corrected chi connectivity index (χ2v) is 7.58. The smallest absolute Gasteiger partial charge is 0.282 e. The van der Waals surface area contributed by atoms with Gasteiger partial charge in [-0.05, 0) is 0 Å². The predicted molar refractivity (Wildman–Crippen MR) is 82.7 cm³/mol. The number of nitrogens with one attached hydrogen (secondary N) is 1. The summed E-state index contributed by atoms with van der Waals surface area (Å²) in [6, 6.07) is 0. The summed E-state index contributed by atoms with van der Waals surface area (Å²) in [6.45, 7) is 3.54. The van der Waals surface area contributed by atoms with Crippen LogP contribution in [0.1, 0.15) is 6.92 Å². The van der Waals surface area contributed by atoms with Gasteiger partial charge in [-0.2, -0.15) is 17.0 Å². The van der Waals surface area contributed by atoms with Gasteiger partial charge >= 0.3 is 0 Å². The maximum atomic E-state index is 12.8. The summed E-state index contributed by atoms with van der Waals surface area (Å²) in [5, 5.41) is 2.54. The minimum Gasteiger partial charge on any atom is -0.379 e. The van der Waals surface area contributed by atoms with Gasteiger partial charge in [0.2, 0.25) is 11.8 Å². The number of rotatable bonds is 3. The van der Waals surface area contributed by atoms with Crippen LogP contribution < -0.4 is 5.32 Å². The van der Waals surface area contributed by atoms with Crippen LogP contribution in [0.3, 0.4) is 0 Å². The molecule has 0 spiro atoms. The summed E-state index contributed by atoms with van der Waals surface area (Å²) in [4.78, 5) is 25.2. The summed E-state index contributed by atoms with van der Waals surface area (Å²) < 4.78 is 33.4. The Morgan fingerprint density at radius 2 is 1.70 bits per heavy atom. The van der Waals surface area contributed by atoms with E-state index in [-0.39, 0.29) is 38.0 Å². The predicted octanol–water partition coefficient (Wildman–Crippen LogP) is -1.91. The first-order chi connectivity index (χ1) is 10.9. The quantitative estimate of drug-likeness (QED) is 0.642. The summed E-state index contributed by atoms with van der Waals surface area (Å²) in [6.07, 6.45) is 0. The normalized spacial score (nSPS) is 25.0. The minimum absolute atomic E-state index is 0.0726. The van der Waals surface area contributed by atoms with Crippen molar-refractivity contribution in [1.29, 1.82) is 0 Å². The largest absolute Gasteiger partial charge is 0.379 e. The van der Waals surface area contributed by atoms with Gasteiger partial charge in [0.05, 0.1) is 19.1 Å². The first-order valence-corrected chi connectivity index (χ1v) is 9.06. The standard InChI is InChI=1S/C13H24N4O5S/c1-11(18)15-3-4-17(10-12(9-15)13(19)14-2)23(20,21)16-5-7-22-8-6-16/h12H,3-10H2,1-2H3,(H,14,19)/t12-/m1/s1. The number of morpholine rings is 1. The third kappa shape index (κ3) is 4.19. The van der Waals surface area contributed by atoms with E-state index in [4.69, 9.17) is 4.74 Å². The molecule has 10 heteroatoms. The molecule has 2 rings (SSSR count). The SMILES string of the molecule is CNC(=O)[C@@H]1CN(C(C)=O)CCN(S(=O)(=O)N2CCOCC2)C1. The highest BCUT2D eigenvalue weighted by Crippen LogP contribution is 2.17. The number of carbonyl (C=O) groups excluding carboxylic acids is 2. The highest BCUT2D eigenvalue weighted by molar-refractivity contribution is 7.86. The molecule has 0 aliphatic carbocycles. The Balaban J connectivity index is 2.20. The Morgan fingerprint density at radius 1 is 1.04 bits per heavy atom. The Kier molecular flexibility index (Phi) is 5.95. The maximum Gasteiger partial charge on any atom is 0.282 e. The number of hydrogen-bond acceptors (Lipinski definition) is 5. The second-order valence-electron chi connectivity index (χ2n) is 5.65. The number of carbonyl (C=O) groups is 2. The van der Waals surface area contributed by atoms with Gasteiger partial charge in [0, 0.05) is 53.2 Å². The van der Waals surface area contributed by atoms with Crippen LogP contribution >= 0.6 is 0 Å². The molecule has 0 radical (unpaired) electrons. The third-order valence-corrected chi connectivity index (χ3v) is 6.17. The molecule has 0 aromatic heterocycles. The number of nitrogens with zero attached hydrogens (tertiary/aromatic N) is 3. The molecular weight excluding hydrogens is 324 g/mol. The Morgan fingerprint density at radius 3 is 2.26 bits per heavy atom. The van der Waals surface area contributed by atoms with Crippen LogP contribution in [-0.2, 0) is 24.5 Å². The topological polar surface area (TPSA) is 99.3 Å². The Bertz CT molecular complexity index is 547. The van der Waals surface area contributed by atoms with Gasteiger partial charge in [-0.25, -0.2) is 0 Å². The number of ether oxygens (including phenoxy) is 1. The summed E-state index contributed by atoms with van der Waals surface area (Å²) in [5.41, 5.74) is 0. The van der Waals surface area contributed by atoms with Crippen LogP contribution in [0.15, 0.2) is 0 Å². The van der Waals surface area contributed by atoms with Crippen LogP contribution in [-0.4, -0.2) is 93.3 Å². The fourth-order valence-corrected chi connectivity index (χ4v) is 4.41. The molecule has 9 nitrogen and oxygen atoms in total. The molecule has 132 valence electrons. The first kappa shape index (κ1) is 18.1. The molecule has 0 bridgehead atoms. The van der Waals surface area contributed by atoms with Crippen LogP contribution in [0.2, 0.25) is 0 Å². The van der Waals surface area contributed by atoms with Crippen LogP contribution in [0.5, 0.6) is 0 Å². The van der Waals surface area contributed by atoms with Crippen LogP contribution in [0, 0.1) is 5.92 Å². The maximum absolute atomic E-state index is 12.8. The summed E-state index contributed by atoms with van der Waals surface area (Å²) in [5.74, 6) is -1.01. The molecule has 2 aliphatic heterocycles. The van der Waals surface area contributed by atoms with Gasteiger partial charge in [0.15, 0.2) is 0 Å². The zero-order valence-corrected chi connectivity index (χ0v) is 14.3. The van der Waals surface area contributed by atoms with Crippen molar-refractivity contribution in [1.82, 2.24) is 18.8 Å². The summed E-state index contributed by atoms with van der Waals surface area (Å²) >= 11 is 0. The lowest BCUT2D eigenvalue weighted by molar-refractivity contribution is -0.130. The Hall–Kier alpha value is -1.23. The van der Waals surface area contributed by atoms with Crippen molar-refractivity contribution < 1.29 is 22.7 Å². The second kappa shape index (κ2) is 7.56. The van der Waals surface area contributed by atoms with Gasteiger partial charge in [-0.3, -0.25) is 9.59 Å². The molecule has 1 N–H and O–H groups in total. The average molecular weight is 348 g/mol. The van der Waals surface area contributed by atoms with Crippen LogP contribution in [0.25, 0.3) is 0 Å². The van der Waals surface area contributed by atoms with Crippen molar-refractivity contribution in [3.63, 3.8) is 0 Å². The van der Waals surface area contributed by atoms with Gasteiger partial charge in [-0.15, -0.1) is 0 Å². The Labute approximate surface area is 136 Å². The van der Waals surface area contributed by atoms with Crippen molar-refractivity contribution in [2.45, 2.75) is 6.92 Å². The number of hydrogen-bond donors (Lipinski definition) is 1. The molecule has 2 saturated heterocycles. The van der Waals surface area contributed by atoms with E-state index in [0.29, 0.717) is 26.3 Å². The van der Waals surface area contributed by atoms with Crippen molar-refractivity contribution >= 4 is 22.0 Å². The van der Waals surface area contributed by atoms with Crippen molar-refractivity contribution in [2.75, 3.05) is 59.5 Å². The molecule has 2 fully saturated rings. The lowest BCUT2D eigenvalue weighted by Crippen LogP contribution is -2.51. The molecule has 0 aromatic rings. The average Bonchev–Trinajstić information content (AvgIpc) is 2.78. The fraction of sp³-hybridized carbons (Fsp3) is 0.846. The van der Waals surface area contributed by atoms with Crippen molar-refractivity contribution in [3.05, 3.63) is 0 Å².